The van der Waals surface area contributed by atoms with Crippen molar-refractivity contribution in [3.8, 4) is 0 Å². The van der Waals surface area contributed by atoms with Crippen LogP contribution in [0.15, 0.2) is 42.6 Å². The van der Waals surface area contributed by atoms with Gasteiger partial charge in [-0.1, -0.05) is 0 Å². The Morgan fingerprint density at radius 3 is 1.95 bits per heavy atom. The monoisotopic (exact) mass is 256 g/mol. The van der Waals surface area contributed by atoms with Crippen LogP contribution < -0.4 is 16.8 Å². The van der Waals surface area contributed by atoms with Gasteiger partial charge in [0.05, 0.1) is 5.56 Å². The number of pyridine rings is 1. The van der Waals surface area contributed by atoms with Crippen LogP contribution >= 0.6 is 0 Å². The first-order valence-electron chi connectivity index (χ1n) is 5.49. The lowest BCUT2D eigenvalue weighted by Crippen LogP contribution is -2.11. The average molecular weight is 256 g/mol. The highest BCUT2D eigenvalue weighted by molar-refractivity contribution is 5.93. The molecular weight excluding hydrogens is 244 g/mol. The van der Waals surface area contributed by atoms with Crippen molar-refractivity contribution >= 4 is 23.3 Å². The summed E-state index contributed by atoms with van der Waals surface area (Å²) >= 11 is 0. The molecule has 1 aromatic carbocycles. The molecule has 19 heavy (non-hydrogen) atoms. The third-order valence-electron chi connectivity index (χ3n) is 2.49. The molecule has 0 aliphatic heterocycles. The van der Waals surface area contributed by atoms with Crippen LogP contribution in [-0.4, -0.2) is 16.8 Å². The molecule has 0 aliphatic rings. The van der Waals surface area contributed by atoms with Gasteiger partial charge in [0.25, 0.3) is 0 Å². The van der Waals surface area contributed by atoms with E-state index in [1.807, 2.05) is 0 Å². The Morgan fingerprint density at radius 2 is 1.47 bits per heavy atom. The number of anilines is 2. The predicted molar refractivity (Wildman–Crippen MR) is 71.0 cm³/mol. The summed E-state index contributed by atoms with van der Waals surface area (Å²) in [4.78, 5) is 25.9. The number of hydrogen-bond acceptors (Lipinski definition) is 4. The van der Waals surface area contributed by atoms with Crippen molar-refractivity contribution in [2.45, 2.75) is 0 Å². The number of amides is 2. The molecule has 2 amide bonds. The molecule has 5 N–H and O–H groups in total. The number of benzene rings is 1. The van der Waals surface area contributed by atoms with Crippen LogP contribution in [-0.2, 0) is 0 Å². The van der Waals surface area contributed by atoms with Gasteiger partial charge < -0.3 is 16.8 Å². The van der Waals surface area contributed by atoms with Gasteiger partial charge in [-0.2, -0.15) is 0 Å². The van der Waals surface area contributed by atoms with E-state index >= 15 is 0 Å². The van der Waals surface area contributed by atoms with Gasteiger partial charge in [-0.25, -0.2) is 4.98 Å². The molecule has 0 fully saturated rings. The summed E-state index contributed by atoms with van der Waals surface area (Å²) in [5.41, 5.74) is 11.8. The normalized spacial score (nSPS) is 9.89. The number of aromatic nitrogens is 1. The van der Waals surface area contributed by atoms with E-state index in [0.717, 1.165) is 5.69 Å². The number of primary amides is 2. The molecule has 0 saturated carbocycles. The van der Waals surface area contributed by atoms with Gasteiger partial charge in [0.1, 0.15) is 5.82 Å². The fourth-order valence-corrected chi connectivity index (χ4v) is 1.48. The van der Waals surface area contributed by atoms with E-state index in [4.69, 9.17) is 11.5 Å². The molecule has 0 radical (unpaired) electrons. The lowest BCUT2D eigenvalue weighted by atomic mass is 10.2. The van der Waals surface area contributed by atoms with Gasteiger partial charge >= 0.3 is 0 Å². The first-order chi connectivity index (χ1) is 9.06. The highest BCUT2D eigenvalue weighted by Crippen LogP contribution is 2.15. The largest absolute Gasteiger partial charge is 0.366 e. The minimum atomic E-state index is -0.523. The molecule has 1 heterocycles. The number of hydrogen-bond donors (Lipinski definition) is 3. The van der Waals surface area contributed by atoms with E-state index < -0.39 is 11.8 Å². The van der Waals surface area contributed by atoms with Crippen LogP contribution in [0.25, 0.3) is 0 Å². The number of nitrogens with zero attached hydrogens (tertiary/aromatic N) is 1. The minimum absolute atomic E-state index is 0.342. The second kappa shape index (κ2) is 5.18. The molecular formula is C13H12N4O2. The van der Waals surface area contributed by atoms with E-state index in [9.17, 15) is 9.59 Å². The number of carbonyl (C=O) groups excluding carboxylic acids is 2. The van der Waals surface area contributed by atoms with Crippen LogP contribution in [0.2, 0.25) is 0 Å². The van der Waals surface area contributed by atoms with Gasteiger partial charge in [0.15, 0.2) is 0 Å². The second-order valence-electron chi connectivity index (χ2n) is 3.86. The summed E-state index contributed by atoms with van der Waals surface area (Å²) in [6, 6.07) is 9.87. The lowest BCUT2D eigenvalue weighted by molar-refractivity contribution is 0.0991. The van der Waals surface area contributed by atoms with Crippen LogP contribution in [0.3, 0.4) is 0 Å². The third-order valence-corrected chi connectivity index (χ3v) is 2.49. The molecule has 0 atom stereocenters. The predicted octanol–water partition coefficient (Wildman–Crippen LogP) is 1.02. The lowest BCUT2D eigenvalue weighted by Gasteiger charge is -2.06. The Morgan fingerprint density at radius 1 is 0.895 bits per heavy atom. The molecule has 6 nitrogen and oxygen atoms in total. The van der Waals surface area contributed by atoms with E-state index in [-0.39, 0.29) is 0 Å². The molecule has 0 bridgehead atoms. The Bertz CT molecular complexity index is 550. The van der Waals surface area contributed by atoms with E-state index in [1.165, 1.54) is 6.20 Å². The number of nitrogens with one attached hydrogen (secondary N) is 1. The van der Waals surface area contributed by atoms with Gasteiger partial charge in [-0.05, 0) is 36.4 Å². The molecule has 0 aliphatic carbocycles. The van der Waals surface area contributed by atoms with E-state index in [2.05, 4.69) is 10.3 Å². The Labute approximate surface area is 109 Å². The van der Waals surface area contributed by atoms with E-state index in [1.54, 1.807) is 36.4 Å². The van der Waals surface area contributed by atoms with Gasteiger partial charge in [0, 0.05) is 17.4 Å². The summed E-state index contributed by atoms with van der Waals surface area (Å²) in [5, 5.41) is 3.02. The van der Waals surface area contributed by atoms with Crippen LogP contribution in [0.5, 0.6) is 0 Å². The molecule has 1 aromatic heterocycles. The summed E-state index contributed by atoms with van der Waals surface area (Å²) in [6.07, 6.45) is 1.39. The number of nitrogens with two attached hydrogens (primary N) is 2. The summed E-state index contributed by atoms with van der Waals surface area (Å²) in [6.45, 7) is 0. The van der Waals surface area contributed by atoms with Gasteiger partial charge in [0.2, 0.25) is 11.8 Å². The van der Waals surface area contributed by atoms with Gasteiger partial charge in [-0.3, -0.25) is 9.59 Å². The Hall–Kier alpha value is -2.89. The van der Waals surface area contributed by atoms with Crippen molar-refractivity contribution in [2.75, 3.05) is 5.32 Å². The smallest absolute Gasteiger partial charge is 0.250 e. The van der Waals surface area contributed by atoms with Crippen molar-refractivity contribution in [3.63, 3.8) is 0 Å². The zero-order chi connectivity index (χ0) is 13.8. The standard InChI is InChI=1S/C13H12N4O2/c14-12(18)8-1-4-10(5-2-8)17-11-6-3-9(7-16-11)13(15)19/h1-7H,(H2,14,18)(H2,15,19)(H,16,17). The van der Waals surface area contributed by atoms with Crippen molar-refractivity contribution < 1.29 is 9.59 Å². The van der Waals surface area contributed by atoms with Crippen molar-refractivity contribution in [2.24, 2.45) is 11.5 Å². The molecule has 2 aromatic rings. The number of rotatable bonds is 4. The number of carbonyl (C=O) groups is 2. The molecule has 0 spiro atoms. The first kappa shape index (κ1) is 12.6. The second-order valence-corrected chi connectivity index (χ2v) is 3.86. The zero-order valence-corrected chi connectivity index (χ0v) is 9.96. The van der Waals surface area contributed by atoms with Crippen molar-refractivity contribution in [1.82, 2.24) is 4.98 Å². The van der Waals surface area contributed by atoms with Crippen molar-refractivity contribution in [1.29, 1.82) is 0 Å². The minimum Gasteiger partial charge on any atom is -0.366 e. The highest BCUT2D eigenvalue weighted by Gasteiger charge is 2.02. The fourth-order valence-electron chi connectivity index (χ4n) is 1.48. The highest BCUT2D eigenvalue weighted by atomic mass is 16.1. The van der Waals surface area contributed by atoms with E-state index in [0.29, 0.717) is 16.9 Å². The van der Waals surface area contributed by atoms with Crippen LogP contribution in [0.4, 0.5) is 11.5 Å². The SMILES string of the molecule is NC(=O)c1ccc(Nc2ccc(C(N)=O)cn2)cc1. The zero-order valence-electron chi connectivity index (χ0n) is 9.96. The summed E-state index contributed by atoms with van der Waals surface area (Å²) in [5.74, 6) is -0.433. The average Bonchev–Trinajstić information content (AvgIpc) is 2.40. The molecule has 2 rings (SSSR count). The Balaban J connectivity index is 2.12. The summed E-state index contributed by atoms with van der Waals surface area (Å²) < 4.78 is 0. The quantitative estimate of drug-likeness (QED) is 0.758. The molecule has 96 valence electrons. The molecule has 6 heteroatoms. The first-order valence-corrected chi connectivity index (χ1v) is 5.49. The van der Waals surface area contributed by atoms with Crippen molar-refractivity contribution in [3.05, 3.63) is 53.7 Å². The maximum atomic E-state index is 10.9. The van der Waals surface area contributed by atoms with Crippen LogP contribution in [0.1, 0.15) is 20.7 Å². The van der Waals surface area contributed by atoms with Gasteiger partial charge in [-0.15, -0.1) is 0 Å². The topological polar surface area (TPSA) is 111 Å². The molecule has 0 unspecified atom stereocenters. The fraction of sp³-hybridized carbons (Fsp3) is 0. The Kier molecular flexibility index (Phi) is 3.42. The maximum absolute atomic E-state index is 10.9. The molecule has 0 saturated heterocycles. The third kappa shape index (κ3) is 3.06. The van der Waals surface area contributed by atoms with Crippen LogP contribution in [0, 0.1) is 0 Å². The summed E-state index contributed by atoms with van der Waals surface area (Å²) in [7, 11) is 0. The maximum Gasteiger partial charge on any atom is 0.250 e.